The van der Waals surface area contributed by atoms with Crippen LogP contribution in [0.2, 0.25) is 0 Å². The van der Waals surface area contributed by atoms with Crippen molar-refractivity contribution >= 4 is 17.5 Å². The van der Waals surface area contributed by atoms with Crippen molar-refractivity contribution in [3.8, 4) is 0 Å². The Kier molecular flexibility index (Phi) is 6.38. The fourth-order valence-corrected chi connectivity index (χ4v) is 3.20. The van der Waals surface area contributed by atoms with E-state index in [0.717, 1.165) is 31.6 Å². The number of likely N-dealkylation sites (tertiary alicyclic amines) is 1. The van der Waals surface area contributed by atoms with Gasteiger partial charge >= 0.3 is 0 Å². The van der Waals surface area contributed by atoms with Crippen molar-refractivity contribution in [2.45, 2.75) is 24.9 Å². The van der Waals surface area contributed by atoms with Crippen LogP contribution in [0.1, 0.15) is 12.8 Å². The summed E-state index contributed by atoms with van der Waals surface area (Å²) in [7, 11) is 0. The number of nitrogens with one attached hydrogen (secondary N) is 3. The van der Waals surface area contributed by atoms with Crippen LogP contribution in [0.3, 0.4) is 0 Å². The van der Waals surface area contributed by atoms with Gasteiger partial charge in [-0.05, 0) is 25.0 Å². The summed E-state index contributed by atoms with van der Waals surface area (Å²) in [4.78, 5) is 26.4. The Labute approximate surface area is 148 Å². The molecule has 3 rings (SSSR count). The monoisotopic (exact) mass is 346 g/mol. The molecule has 2 saturated heterocycles. The van der Waals surface area contributed by atoms with Crippen LogP contribution in [0.25, 0.3) is 0 Å². The van der Waals surface area contributed by atoms with E-state index in [1.807, 2.05) is 30.3 Å². The summed E-state index contributed by atoms with van der Waals surface area (Å²) in [5, 5.41) is 9.16. The summed E-state index contributed by atoms with van der Waals surface area (Å²) >= 11 is 0. The molecule has 0 aliphatic carbocycles. The first-order valence-electron chi connectivity index (χ1n) is 8.89. The minimum atomic E-state index is -0.247. The molecule has 2 fully saturated rings. The minimum Gasteiger partial charge on any atom is -0.378 e. The van der Waals surface area contributed by atoms with Gasteiger partial charge in [0.2, 0.25) is 11.8 Å². The Bertz CT molecular complexity index is 567. The van der Waals surface area contributed by atoms with Crippen LogP contribution < -0.4 is 16.0 Å². The summed E-state index contributed by atoms with van der Waals surface area (Å²) in [6.45, 7) is 3.81. The highest BCUT2D eigenvalue weighted by molar-refractivity contribution is 5.92. The quantitative estimate of drug-likeness (QED) is 0.709. The van der Waals surface area contributed by atoms with Gasteiger partial charge in [0.1, 0.15) is 6.04 Å². The maximum absolute atomic E-state index is 12.2. The third kappa shape index (κ3) is 5.52. The zero-order chi connectivity index (χ0) is 17.5. The molecule has 25 heavy (non-hydrogen) atoms. The molecule has 2 heterocycles. The molecule has 1 aromatic rings. The smallest absolute Gasteiger partial charge is 0.239 e. The van der Waals surface area contributed by atoms with Gasteiger partial charge in [-0.25, -0.2) is 0 Å². The van der Waals surface area contributed by atoms with Crippen molar-refractivity contribution < 1.29 is 14.3 Å². The van der Waals surface area contributed by atoms with Crippen LogP contribution >= 0.6 is 0 Å². The molecule has 0 aromatic heterocycles. The average molecular weight is 346 g/mol. The van der Waals surface area contributed by atoms with Gasteiger partial charge in [-0.2, -0.15) is 0 Å². The number of morpholine rings is 1. The van der Waals surface area contributed by atoms with Gasteiger partial charge in [0.05, 0.1) is 19.8 Å². The molecule has 136 valence electrons. The predicted octanol–water partition coefficient (Wildman–Crippen LogP) is 0.194. The van der Waals surface area contributed by atoms with Crippen LogP contribution in [0.4, 0.5) is 5.69 Å². The fraction of sp³-hybridized carbons (Fsp3) is 0.556. The number of carbonyl (C=O) groups excluding carboxylic acids is 2. The highest BCUT2D eigenvalue weighted by Crippen LogP contribution is 2.11. The number of carbonyl (C=O) groups is 2. The third-order valence-corrected chi connectivity index (χ3v) is 4.60. The highest BCUT2D eigenvalue weighted by Gasteiger charge is 2.26. The average Bonchev–Trinajstić information content (AvgIpc) is 2.65. The molecule has 0 spiro atoms. The van der Waals surface area contributed by atoms with Crippen molar-refractivity contribution in [2.24, 2.45) is 0 Å². The van der Waals surface area contributed by atoms with Crippen LogP contribution in [-0.4, -0.2) is 68.2 Å². The van der Waals surface area contributed by atoms with Crippen molar-refractivity contribution in [1.82, 2.24) is 15.5 Å². The molecule has 3 N–H and O–H groups in total. The molecule has 7 heteroatoms. The largest absolute Gasteiger partial charge is 0.378 e. The molecule has 0 bridgehead atoms. The lowest BCUT2D eigenvalue weighted by atomic mass is 10.0. The number of rotatable bonds is 5. The van der Waals surface area contributed by atoms with Gasteiger partial charge in [-0.15, -0.1) is 0 Å². The molecule has 1 atom stereocenters. The predicted molar refractivity (Wildman–Crippen MR) is 95.3 cm³/mol. The van der Waals surface area contributed by atoms with Gasteiger partial charge in [0.15, 0.2) is 0 Å². The number of para-hydroxylation sites is 1. The molecule has 2 amide bonds. The molecular formula is C18H26N4O3. The first-order chi connectivity index (χ1) is 12.2. The van der Waals surface area contributed by atoms with Gasteiger partial charge in [-0.3, -0.25) is 14.5 Å². The van der Waals surface area contributed by atoms with Crippen molar-refractivity contribution in [3.05, 3.63) is 30.3 Å². The summed E-state index contributed by atoms with van der Waals surface area (Å²) in [5.74, 6) is 0.0113. The topological polar surface area (TPSA) is 82.7 Å². The molecule has 2 aliphatic rings. The van der Waals surface area contributed by atoms with Gasteiger partial charge < -0.3 is 20.7 Å². The van der Waals surface area contributed by atoms with E-state index in [1.54, 1.807) is 0 Å². The second-order valence-electron chi connectivity index (χ2n) is 6.55. The Morgan fingerprint density at radius 1 is 1.20 bits per heavy atom. The van der Waals surface area contributed by atoms with Crippen molar-refractivity contribution in [3.63, 3.8) is 0 Å². The number of anilines is 1. The van der Waals surface area contributed by atoms with E-state index in [4.69, 9.17) is 4.74 Å². The zero-order valence-electron chi connectivity index (χ0n) is 14.4. The Morgan fingerprint density at radius 3 is 2.64 bits per heavy atom. The SMILES string of the molecule is O=C(CN1CCC(NC(=O)C2COCCN2)CC1)Nc1ccccc1. The van der Waals surface area contributed by atoms with Crippen molar-refractivity contribution in [1.29, 1.82) is 0 Å². The number of nitrogens with zero attached hydrogens (tertiary/aromatic N) is 1. The molecule has 2 aliphatic heterocycles. The van der Waals surface area contributed by atoms with E-state index in [1.165, 1.54) is 0 Å². The van der Waals surface area contributed by atoms with E-state index in [-0.39, 0.29) is 23.9 Å². The van der Waals surface area contributed by atoms with E-state index in [2.05, 4.69) is 20.9 Å². The Hall–Kier alpha value is -1.96. The number of piperidine rings is 1. The standard InChI is InChI=1S/C18H26N4O3/c23-17(20-14-4-2-1-3-5-14)12-22-9-6-15(7-10-22)21-18(24)16-13-25-11-8-19-16/h1-5,15-16,19H,6-13H2,(H,20,23)(H,21,24). The number of amides is 2. The summed E-state index contributed by atoms with van der Waals surface area (Å²) in [5.41, 5.74) is 0.817. The number of hydrogen-bond acceptors (Lipinski definition) is 5. The Morgan fingerprint density at radius 2 is 1.96 bits per heavy atom. The first kappa shape index (κ1) is 17.8. The molecule has 7 nitrogen and oxygen atoms in total. The van der Waals surface area contributed by atoms with Crippen LogP contribution in [0.15, 0.2) is 30.3 Å². The van der Waals surface area contributed by atoms with Crippen molar-refractivity contribution in [2.75, 3.05) is 44.7 Å². The van der Waals surface area contributed by atoms with E-state index >= 15 is 0 Å². The number of hydrogen-bond donors (Lipinski definition) is 3. The maximum atomic E-state index is 12.2. The summed E-state index contributed by atoms with van der Waals surface area (Å²) < 4.78 is 5.33. The second-order valence-corrected chi connectivity index (χ2v) is 6.55. The van der Waals surface area contributed by atoms with E-state index < -0.39 is 0 Å². The highest BCUT2D eigenvalue weighted by atomic mass is 16.5. The fourth-order valence-electron chi connectivity index (χ4n) is 3.20. The van der Waals surface area contributed by atoms with Crippen LogP contribution in [0, 0.1) is 0 Å². The molecular weight excluding hydrogens is 320 g/mol. The lowest BCUT2D eigenvalue weighted by Gasteiger charge is -2.33. The number of ether oxygens (including phenoxy) is 1. The Balaban J connectivity index is 1.36. The molecule has 0 saturated carbocycles. The van der Waals surface area contributed by atoms with Gasteiger partial charge in [-0.1, -0.05) is 18.2 Å². The normalized spacial score (nSPS) is 22.3. The molecule has 1 aromatic carbocycles. The zero-order valence-corrected chi connectivity index (χ0v) is 14.4. The summed E-state index contributed by atoms with van der Waals surface area (Å²) in [6.07, 6.45) is 1.72. The van der Waals surface area contributed by atoms with E-state index in [9.17, 15) is 9.59 Å². The van der Waals surface area contributed by atoms with E-state index in [0.29, 0.717) is 26.3 Å². The lowest BCUT2D eigenvalue weighted by molar-refractivity contribution is -0.127. The third-order valence-electron chi connectivity index (χ3n) is 4.60. The van der Waals surface area contributed by atoms with Crippen LogP contribution in [0.5, 0.6) is 0 Å². The maximum Gasteiger partial charge on any atom is 0.239 e. The lowest BCUT2D eigenvalue weighted by Crippen LogP contribution is -2.55. The van der Waals surface area contributed by atoms with Gasteiger partial charge in [0.25, 0.3) is 0 Å². The van der Waals surface area contributed by atoms with Gasteiger partial charge in [0, 0.05) is 31.4 Å². The summed E-state index contributed by atoms with van der Waals surface area (Å²) in [6, 6.07) is 9.40. The molecule has 0 radical (unpaired) electrons. The second kappa shape index (κ2) is 8.94. The van der Waals surface area contributed by atoms with Crippen LogP contribution in [-0.2, 0) is 14.3 Å². The first-order valence-corrected chi connectivity index (χ1v) is 8.89. The number of benzene rings is 1. The minimum absolute atomic E-state index is 0.00256. The molecule has 1 unspecified atom stereocenters.